The summed E-state index contributed by atoms with van der Waals surface area (Å²) in [7, 11) is -13.3. The van der Waals surface area contributed by atoms with E-state index < -0.39 is 44.8 Å². The molecule has 0 amide bonds. The number of unbranched alkanes of at least 4 members (excludes halogenated alkanes) is 24. The van der Waals surface area contributed by atoms with Crippen molar-refractivity contribution in [2.24, 2.45) is 0 Å². The average Bonchev–Trinajstić information content (AvgIpc) is 3.14. The van der Waals surface area contributed by atoms with Crippen molar-refractivity contribution in [3.8, 4) is 18.2 Å². The van der Waals surface area contributed by atoms with Crippen molar-refractivity contribution in [1.82, 2.24) is 14.2 Å². The molecule has 3 N–H and O–H groups in total. The summed E-state index contributed by atoms with van der Waals surface area (Å²) in [4.78, 5) is -1.96. The molecule has 54 heavy (non-hydrogen) atoms. The monoisotopic (exact) mass is 810 g/mol. The normalized spacial score (nSPS) is 11.9. The van der Waals surface area contributed by atoms with E-state index in [1.807, 2.05) is 0 Å². The highest BCUT2D eigenvalue weighted by Gasteiger charge is 2.34. The van der Waals surface area contributed by atoms with E-state index in [-0.39, 0.29) is 19.6 Å². The van der Waals surface area contributed by atoms with Gasteiger partial charge < -0.3 is 0 Å². The summed E-state index contributed by atoms with van der Waals surface area (Å²) in [6, 6.07) is 9.98. The highest BCUT2D eigenvalue weighted by atomic mass is 32.2. The first-order chi connectivity index (χ1) is 26.0. The van der Waals surface area contributed by atoms with E-state index in [1.54, 1.807) is 0 Å². The van der Waals surface area contributed by atoms with Crippen LogP contribution in [0.2, 0.25) is 0 Å². The smallest absolute Gasteiger partial charge is 0.211 e. The first kappa shape index (κ1) is 49.4. The lowest BCUT2D eigenvalue weighted by atomic mass is 10.1. The third kappa shape index (κ3) is 22.7. The van der Waals surface area contributed by atoms with Gasteiger partial charge in [0.15, 0.2) is 0 Å². The van der Waals surface area contributed by atoms with Gasteiger partial charge in [0.2, 0.25) is 30.1 Å². The Balaban J connectivity index is 2.91. The molecule has 0 unspecified atom stereocenters. The molecule has 0 heterocycles. The van der Waals surface area contributed by atoms with Crippen molar-refractivity contribution in [2.75, 3.05) is 19.6 Å². The van der Waals surface area contributed by atoms with Gasteiger partial charge in [-0.25, -0.2) is 39.4 Å². The Hall–Kier alpha value is -2.58. The van der Waals surface area contributed by atoms with Gasteiger partial charge in [0.25, 0.3) is 0 Å². The Labute approximate surface area is 328 Å². The third-order valence-electron chi connectivity index (χ3n) is 9.31. The molecule has 0 aliphatic heterocycles. The van der Waals surface area contributed by atoms with Crippen LogP contribution in [0.1, 0.15) is 173 Å². The Bertz CT molecular complexity index is 1530. The van der Waals surface area contributed by atoms with Crippen LogP contribution in [0.5, 0.6) is 0 Å². The van der Waals surface area contributed by atoms with Gasteiger partial charge in [0.05, 0.1) is 18.2 Å². The molecule has 0 aliphatic rings. The minimum atomic E-state index is -4.56. The zero-order chi connectivity index (χ0) is 39.8. The van der Waals surface area contributed by atoms with Crippen LogP contribution in [0, 0.1) is 34.0 Å². The van der Waals surface area contributed by atoms with Crippen molar-refractivity contribution in [3.63, 3.8) is 0 Å². The third-order valence-corrected chi connectivity index (χ3v) is 14.1. The summed E-state index contributed by atoms with van der Waals surface area (Å²) < 4.78 is 89.4. The van der Waals surface area contributed by atoms with Crippen LogP contribution in [-0.4, -0.2) is 44.9 Å². The number of sulfonamides is 3. The van der Waals surface area contributed by atoms with E-state index in [0.29, 0.717) is 38.5 Å². The molecule has 1 aromatic carbocycles. The van der Waals surface area contributed by atoms with Crippen LogP contribution in [0.4, 0.5) is 0 Å². The molecule has 0 radical (unpaired) electrons. The SMILES string of the molecule is N#CCCCCCCCCCCNS(=O)(=O)c1cccc(S(=O)(=O)NCCCCCCCCCCC#N)c1S(=O)(=O)NCCCCCCCCCCC#N. The fraction of sp³-hybridized carbons (Fsp3) is 0.769. The summed E-state index contributed by atoms with van der Waals surface area (Å²) in [6.07, 6.45) is 23.5. The molecule has 0 spiro atoms. The molecule has 12 nitrogen and oxygen atoms in total. The Morgan fingerprint density at radius 2 is 0.611 bits per heavy atom. The molecule has 306 valence electrons. The minimum Gasteiger partial charge on any atom is -0.211 e. The average molecular weight is 811 g/mol. The molecule has 0 aliphatic carbocycles. The number of benzene rings is 1. The predicted octanol–water partition coefficient (Wildman–Crippen LogP) is 8.62. The van der Waals surface area contributed by atoms with Crippen LogP contribution in [-0.2, 0) is 30.1 Å². The Kier molecular flexibility index (Phi) is 28.0. The molecule has 0 bridgehead atoms. The van der Waals surface area contributed by atoms with E-state index in [0.717, 1.165) is 147 Å². The highest BCUT2D eigenvalue weighted by Crippen LogP contribution is 2.29. The zero-order valence-corrected chi connectivity index (χ0v) is 34.9. The second kappa shape index (κ2) is 30.6. The molecule has 0 atom stereocenters. The second-order valence-electron chi connectivity index (χ2n) is 14.0. The van der Waals surface area contributed by atoms with Gasteiger partial charge in [0, 0.05) is 38.9 Å². The van der Waals surface area contributed by atoms with E-state index in [4.69, 9.17) is 15.8 Å². The van der Waals surface area contributed by atoms with E-state index in [2.05, 4.69) is 32.4 Å². The summed E-state index contributed by atoms with van der Waals surface area (Å²) in [5.74, 6) is 0. The molecule has 0 fully saturated rings. The molecule has 0 aromatic heterocycles. The molecule has 1 aromatic rings. The first-order valence-electron chi connectivity index (χ1n) is 20.3. The van der Waals surface area contributed by atoms with Crippen LogP contribution >= 0.6 is 0 Å². The van der Waals surface area contributed by atoms with Crippen molar-refractivity contribution < 1.29 is 25.3 Å². The fourth-order valence-corrected chi connectivity index (χ4v) is 11.2. The fourth-order valence-electron chi connectivity index (χ4n) is 6.20. The van der Waals surface area contributed by atoms with Crippen LogP contribution < -0.4 is 14.2 Å². The van der Waals surface area contributed by atoms with Gasteiger partial charge in [-0.3, -0.25) is 0 Å². The number of rotatable bonds is 36. The second-order valence-corrected chi connectivity index (χ2v) is 19.2. The lowest BCUT2D eigenvalue weighted by Gasteiger charge is -2.17. The van der Waals surface area contributed by atoms with Gasteiger partial charge >= 0.3 is 0 Å². The van der Waals surface area contributed by atoms with Gasteiger partial charge in [0.1, 0.15) is 14.7 Å². The lowest BCUT2D eigenvalue weighted by Crippen LogP contribution is -2.33. The van der Waals surface area contributed by atoms with Gasteiger partial charge in [-0.2, -0.15) is 15.8 Å². The van der Waals surface area contributed by atoms with E-state index >= 15 is 0 Å². The van der Waals surface area contributed by atoms with Crippen LogP contribution in [0.3, 0.4) is 0 Å². The Morgan fingerprint density at radius 1 is 0.370 bits per heavy atom. The van der Waals surface area contributed by atoms with E-state index in [1.165, 1.54) is 6.07 Å². The van der Waals surface area contributed by atoms with Gasteiger partial charge in [-0.05, 0) is 50.7 Å². The molecule has 15 heteroatoms. The maximum absolute atomic E-state index is 13.8. The van der Waals surface area contributed by atoms with Crippen molar-refractivity contribution >= 4 is 30.1 Å². The molecule has 0 saturated carbocycles. The topological polar surface area (TPSA) is 210 Å². The van der Waals surface area contributed by atoms with Crippen molar-refractivity contribution in [3.05, 3.63) is 18.2 Å². The number of hydrogen-bond acceptors (Lipinski definition) is 9. The highest BCUT2D eigenvalue weighted by molar-refractivity contribution is 7.94. The summed E-state index contributed by atoms with van der Waals surface area (Å²) >= 11 is 0. The summed E-state index contributed by atoms with van der Waals surface area (Å²) in [5.41, 5.74) is 0. The van der Waals surface area contributed by atoms with Crippen molar-refractivity contribution in [1.29, 1.82) is 15.8 Å². The molecule has 0 saturated heterocycles. The Morgan fingerprint density at radius 3 is 0.889 bits per heavy atom. The standard InChI is InChI=1S/C39H66N6O6S3/c40-31-22-16-10-4-1-7-13-19-25-34-43-52(46,47)37-29-28-30-38(53(48,49)44-35-26-20-14-8-2-5-11-17-23-32-41)39(37)54(50,51)45-36-27-21-15-9-3-6-12-18-24-33-42/h28-30,43-45H,1-27,34-36H2. The zero-order valence-electron chi connectivity index (χ0n) is 32.5. The maximum atomic E-state index is 13.8. The predicted molar refractivity (Wildman–Crippen MR) is 214 cm³/mol. The quantitative estimate of drug-likeness (QED) is 0.0553. The number of nitrogens with zero attached hydrogens (tertiary/aromatic N) is 3. The van der Waals surface area contributed by atoms with Gasteiger partial charge in [-0.15, -0.1) is 0 Å². The number of nitrogens with one attached hydrogen (secondary N) is 3. The number of nitriles is 3. The summed E-state index contributed by atoms with van der Waals surface area (Å²) in [6.45, 7) is 0.214. The molecular formula is C39H66N6O6S3. The number of hydrogen-bond donors (Lipinski definition) is 3. The van der Waals surface area contributed by atoms with Crippen LogP contribution in [0.15, 0.2) is 32.9 Å². The largest absolute Gasteiger partial charge is 0.243 e. The van der Waals surface area contributed by atoms with Crippen molar-refractivity contribution in [2.45, 2.75) is 188 Å². The maximum Gasteiger partial charge on any atom is 0.243 e. The summed E-state index contributed by atoms with van der Waals surface area (Å²) in [5, 5.41) is 25.9. The minimum absolute atomic E-state index is 0.0376. The van der Waals surface area contributed by atoms with Gasteiger partial charge in [-0.1, -0.05) is 122 Å². The molecular weight excluding hydrogens is 745 g/mol. The first-order valence-corrected chi connectivity index (χ1v) is 24.7. The van der Waals surface area contributed by atoms with Crippen LogP contribution in [0.25, 0.3) is 0 Å². The molecule has 1 rings (SSSR count). The lowest BCUT2D eigenvalue weighted by molar-refractivity contribution is 0.543. The van der Waals surface area contributed by atoms with E-state index in [9.17, 15) is 25.3 Å².